The Morgan fingerprint density at radius 1 is 1.22 bits per heavy atom. The highest BCUT2D eigenvalue weighted by Gasteiger charge is 2.30. The number of aryl methyl sites for hydroxylation is 1. The first kappa shape index (κ1) is 17.9. The topological polar surface area (TPSA) is 66.4 Å². The fourth-order valence-corrected chi connectivity index (χ4v) is 3.87. The second-order valence-electron chi connectivity index (χ2n) is 4.86. The van der Waals surface area contributed by atoms with E-state index in [-0.39, 0.29) is 11.4 Å². The molecule has 0 unspecified atom stereocenters. The van der Waals surface area contributed by atoms with Gasteiger partial charge in [0.1, 0.15) is 6.10 Å². The van der Waals surface area contributed by atoms with Gasteiger partial charge in [0, 0.05) is 11.4 Å². The highest BCUT2D eigenvalue weighted by molar-refractivity contribution is 7.89. The van der Waals surface area contributed by atoms with E-state index in [9.17, 15) is 26.7 Å². The van der Waals surface area contributed by atoms with Gasteiger partial charge in [-0.1, -0.05) is 0 Å². The minimum atomic E-state index is -4.53. The van der Waals surface area contributed by atoms with Crippen molar-refractivity contribution >= 4 is 21.4 Å². The van der Waals surface area contributed by atoms with Crippen LogP contribution in [0.15, 0.2) is 40.6 Å². The summed E-state index contributed by atoms with van der Waals surface area (Å²) in [5.74, 6) is 0. The number of halogens is 3. The average molecular weight is 365 g/mol. The van der Waals surface area contributed by atoms with Crippen molar-refractivity contribution in [1.29, 1.82) is 0 Å². The molecule has 0 spiro atoms. The summed E-state index contributed by atoms with van der Waals surface area (Å²) in [6, 6.07) is 4.97. The summed E-state index contributed by atoms with van der Waals surface area (Å²) in [5.41, 5.74) is -0.0816. The van der Waals surface area contributed by atoms with Gasteiger partial charge in [0.2, 0.25) is 10.0 Å². The van der Waals surface area contributed by atoms with E-state index in [1.165, 1.54) is 11.3 Å². The molecule has 4 nitrogen and oxygen atoms in total. The van der Waals surface area contributed by atoms with Gasteiger partial charge in [0.05, 0.1) is 10.5 Å². The van der Waals surface area contributed by atoms with Crippen LogP contribution < -0.4 is 4.72 Å². The van der Waals surface area contributed by atoms with Gasteiger partial charge in [-0.15, -0.1) is 11.3 Å². The van der Waals surface area contributed by atoms with Crippen LogP contribution in [0.25, 0.3) is 0 Å². The van der Waals surface area contributed by atoms with Crippen LogP contribution in [-0.2, 0) is 16.2 Å². The largest absolute Gasteiger partial charge is 0.416 e. The molecule has 0 amide bonds. The van der Waals surface area contributed by atoms with Crippen LogP contribution in [-0.4, -0.2) is 20.1 Å². The second kappa shape index (κ2) is 6.60. The molecule has 0 aliphatic carbocycles. The molecular formula is C14H14F3NO3S2. The number of aliphatic hydroxyl groups excluding tert-OH is 1. The summed E-state index contributed by atoms with van der Waals surface area (Å²) in [6.07, 6.45) is -5.54. The monoisotopic (exact) mass is 365 g/mol. The normalized spacial score (nSPS) is 14.0. The average Bonchev–Trinajstić information content (AvgIpc) is 2.90. The Hall–Kier alpha value is -1.42. The Morgan fingerprint density at radius 3 is 2.30 bits per heavy atom. The van der Waals surface area contributed by atoms with Gasteiger partial charge in [0.15, 0.2) is 0 Å². The predicted octanol–water partition coefficient (Wildman–Crippen LogP) is 3.09. The number of alkyl halides is 3. The third kappa shape index (κ3) is 4.31. The van der Waals surface area contributed by atoms with Crippen LogP contribution in [0.5, 0.6) is 0 Å². The lowest BCUT2D eigenvalue weighted by molar-refractivity contribution is -0.137. The van der Waals surface area contributed by atoms with E-state index in [1.807, 2.05) is 0 Å². The number of benzene rings is 1. The highest BCUT2D eigenvalue weighted by Crippen LogP contribution is 2.29. The van der Waals surface area contributed by atoms with Crippen LogP contribution >= 0.6 is 11.3 Å². The fourth-order valence-electron chi connectivity index (χ4n) is 1.91. The molecule has 1 heterocycles. The molecule has 0 saturated heterocycles. The van der Waals surface area contributed by atoms with Crippen LogP contribution in [0.1, 0.15) is 22.1 Å². The molecule has 1 atom stereocenters. The van der Waals surface area contributed by atoms with E-state index in [0.29, 0.717) is 17.0 Å². The van der Waals surface area contributed by atoms with Gasteiger partial charge in [-0.2, -0.15) is 13.2 Å². The summed E-state index contributed by atoms with van der Waals surface area (Å²) < 4.78 is 63.7. The zero-order chi connectivity index (χ0) is 17.3. The molecule has 23 heavy (non-hydrogen) atoms. The van der Waals surface area contributed by atoms with Gasteiger partial charge in [-0.3, -0.25) is 0 Å². The van der Waals surface area contributed by atoms with Gasteiger partial charge in [-0.05, 0) is 48.2 Å². The molecule has 2 N–H and O–H groups in total. The van der Waals surface area contributed by atoms with E-state index < -0.39 is 27.9 Å². The van der Waals surface area contributed by atoms with Crippen molar-refractivity contribution in [3.8, 4) is 0 Å². The molecular weight excluding hydrogens is 351 g/mol. The Morgan fingerprint density at radius 2 is 1.83 bits per heavy atom. The number of rotatable bonds is 5. The lowest BCUT2D eigenvalue weighted by Crippen LogP contribution is -2.28. The maximum Gasteiger partial charge on any atom is 0.416 e. The zero-order valence-electron chi connectivity index (χ0n) is 12.0. The first-order valence-electron chi connectivity index (χ1n) is 6.50. The number of thiophene rings is 1. The minimum Gasteiger partial charge on any atom is -0.386 e. The van der Waals surface area contributed by atoms with E-state index in [0.717, 1.165) is 17.7 Å². The predicted molar refractivity (Wildman–Crippen MR) is 80.6 cm³/mol. The van der Waals surface area contributed by atoms with Crippen LogP contribution in [0.4, 0.5) is 13.2 Å². The maximum absolute atomic E-state index is 12.5. The molecule has 0 bridgehead atoms. The molecule has 2 rings (SSSR count). The Kier molecular flexibility index (Phi) is 5.14. The van der Waals surface area contributed by atoms with Crippen molar-refractivity contribution in [2.24, 2.45) is 0 Å². The lowest BCUT2D eigenvalue weighted by atomic mass is 10.2. The van der Waals surface area contributed by atoms with E-state index in [4.69, 9.17) is 0 Å². The van der Waals surface area contributed by atoms with Gasteiger partial charge >= 0.3 is 6.18 Å². The second-order valence-corrected chi connectivity index (χ2v) is 7.57. The van der Waals surface area contributed by atoms with Gasteiger partial charge in [0.25, 0.3) is 0 Å². The highest BCUT2D eigenvalue weighted by atomic mass is 32.2. The molecule has 0 fully saturated rings. The SMILES string of the molecule is Cc1ccsc1[C@@H](O)CNS(=O)(=O)c1ccc(C(F)(F)F)cc1. The lowest BCUT2D eigenvalue weighted by Gasteiger charge is -2.13. The van der Waals surface area contributed by atoms with E-state index >= 15 is 0 Å². The molecule has 1 aromatic heterocycles. The van der Waals surface area contributed by atoms with Crippen molar-refractivity contribution in [3.05, 3.63) is 51.7 Å². The minimum absolute atomic E-state index is 0.259. The van der Waals surface area contributed by atoms with E-state index in [1.54, 1.807) is 18.4 Å². The fraction of sp³-hybridized carbons (Fsp3) is 0.286. The summed E-state index contributed by atoms with van der Waals surface area (Å²) in [4.78, 5) is 0.348. The first-order chi connectivity index (χ1) is 10.6. The van der Waals surface area contributed by atoms with Crippen molar-refractivity contribution in [1.82, 2.24) is 4.72 Å². The summed E-state index contributed by atoms with van der Waals surface area (Å²) >= 11 is 1.30. The summed E-state index contributed by atoms with van der Waals surface area (Å²) in [7, 11) is -3.99. The van der Waals surface area contributed by atoms with Crippen molar-refractivity contribution in [2.45, 2.75) is 24.1 Å². The molecule has 2 aromatic rings. The molecule has 0 saturated carbocycles. The van der Waals surface area contributed by atoms with Gasteiger partial charge < -0.3 is 5.11 Å². The number of sulfonamides is 1. The summed E-state index contributed by atoms with van der Waals surface area (Å²) in [6.45, 7) is 1.53. The molecule has 0 aliphatic heterocycles. The molecule has 1 aromatic carbocycles. The Balaban J connectivity index is 2.09. The molecule has 126 valence electrons. The Labute approximate surface area is 135 Å². The van der Waals surface area contributed by atoms with Crippen LogP contribution in [0.2, 0.25) is 0 Å². The zero-order valence-corrected chi connectivity index (χ0v) is 13.6. The third-order valence-electron chi connectivity index (χ3n) is 3.16. The third-order valence-corrected chi connectivity index (χ3v) is 5.72. The van der Waals surface area contributed by atoms with Crippen LogP contribution in [0.3, 0.4) is 0 Å². The van der Waals surface area contributed by atoms with E-state index in [2.05, 4.69) is 4.72 Å². The van der Waals surface area contributed by atoms with Crippen molar-refractivity contribution in [3.63, 3.8) is 0 Å². The molecule has 0 radical (unpaired) electrons. The molecule has 0 aliphatic rings. The van der Waals surface area contributed by atoms with Crippen LogP contribution in [0, 0.1) is 6.92 Å². The molecule has 9 heteroatoms. The van der Waals surface area contributed by atoms with Gasteiger partial charge in [-0.25, -0.2) is 13.1 Å². The van der Waals surface area contributed by atoms with Crippen molar-refractivity contribution < 1.29 is 26.7 Å². The maximum atomic E-state index is 12.5. The standard InChI is InChI=1S/C14H14F3NO3S2/c1-9-6-7-22-13(9)12(19)8-18-23(20,21)11-4-2-10(3-5-11)14(15,16)17/h2-7,12,18-19H,8H2,1H3/t12-/m0/s1. The Bertz CT molecular complexity index is 767. The quantitative estimate of drug-likeness (QED) is 0.856. The first-order valence-corrected chi connectivity index (χ1v) is 8.86. The number of hydrogen-bond acceptors (Lipinski definition) is 4. The number of nitrogens with one attached hydrogen (secondary N) is 1. The number of hydrogen-bond donors (Lipinski definition) is 2. The smallest absolute Gasteiger partial charge is 0.386 e. The number of aliphatic hydroxyl groups is 1. The summed E-state index contributed by atoms with van der Waals surface area (Å²) in [5, 5.41) is 11.8. The van der Waals surface area contributed by atoms with Crippen molar-refractivity contribution in [2.75, 3.05) is 6.54 Å².